The average Bonchev–Trinajstić information content (AvgIpc) is 2.94. The van der Waals surface area contributed by atoms with Gasteiger partial charge in [-0.15, -0.1) is 66.5 Å². The van der Waals surface area contributed by atoms with E-state index in [2.05, 4.69) is 82.6 Å². The molecule has 0 atom stereocenters. The maximum atomic E-state index is 6.14. The van der Waals surface area contributed by atoms with Gasteiger partial charge in [-0.3, -0.25) is 0 Å². The van der Waals surface area contributed by atoms with Gasteiger partial charge >= 0.3 is 12.0 Å². The maximum absolute atomic E-state index is 6.14. The van der Waals surface area contributed by atoms with Crippen LogP contribution in [0.1, 0.15) is 12.8 Å². The fraction of sp³-hybridized carbons (Fsp3) is 0.200. The number of hydrogen-bond acceptors (Lipinski definition) is 2. The lowest BCUT2D eigenvalue weighted by molar-refractivity contribution is 0.880. The highest BCUT2D eigenvalue weighted by Crippen LogP contribution is 2.34. The smallest absolute Gasteiger partial charge is 0.341 e. The molecule has 210 valence electrons. The van der Waals surface area contributed by atoms with Crippen LogP contribution in [0.2, 0.25) is 12.1 Å². The van der Waals surface area contributed by atoms with Crippen molar-refractivity contribution < 1.29 is 0 Å². The molecule has 0 fully saturated rings. The van der Waals surface area contributed by atoms with E-state index in [1.165, 1.54) is 0 Å². The second-order valence-electron chi connectivity index (χ2n) is 9.51. The highest BCUT2D eigenvalue weighted by molar-refractivity contribution is 7.65. The molecule has 0 N–H and O–H groups in total. The Balaban J connectivity index is 1.51. The minimum absolute atomic E-state index is 0.623. The van der Waals surface area contributed by atoms with Crippen molar-refractivity contribution >= 4 is 101 Å². The number of halogens is 6. The Morgan fingerprint density at radius 2 is 0.700 bits per heavy atom. The van der Waals surface area contributed by atoms with E-state index in [9.17, 15) is 0 Å². The molecule has 0 aliphatic heterocycles. The van der Waals surface area contributed by atoms with Crippen LogP contribution in [0.15, 0.2) is 109 Å². The van der Waals surface area contributed by atoms with Crippen LogP contribution in [0.4, 0.5) is 22.7 Å². The van der Waals surface area contributed by atoms with Gasteiger partial charge in [0.15, 0.2) is 0 Å². The summed E-state index contributed by atoms with van der Waals surface area (Å²) in [4.78, 5) is 4.55. The van der Waals surface area contributed by atoms with Crippen molar-refractivity contribution in [2.75, 3.05) is 22.9 Å². The summed E-state index contributed by atoms with van der Waals surface area (Å²) < 4.78 is 0. The van der Waals surface area contributed by atoms with Crippen LogP contribution in [0, 0.1) is 0 Å². The standard InChI is InChI=1S/C30H30Cl6N2Si2/c31-39(32,33)23-7-21-37(27-9-3-1-4-10-27)29-17-13-25(14-18-29)26-15-19-30(20-16-26)38(22-8-24-40(34,35)36)28-11-5-2-6-12-28/h1-6,9-20H,7-8,21-24H2. The summed E-state index contributed by atoms with van der Waals surface area (Å²) in [6.45, 7) is 1.55. The first-order chi connectivity index (χ1) is 19.1. The lowest BCUT2D eigenvalue weighted by Crippen LogP contribution is -2.21. The number of hydrogen-bond donors (Lipinski definition) is 0. The van der Waals surface area contributed by atoms with Crippen LogP contribution in [-0.2, 0) is 0 Å². The van der Waals surface area contributed by atoms with Gasteiger partial charge < -0.3 is 9.80 Å². The fourth-order valence-electron chi connectivity index (χ4n) is 4.57. The van der Waals surface area contributed by atoms with Crippen molar-refractivity contribution in [3.05, 3.63) is 109 Å². The Kier molecular flexibility index (Phi) is 11.6. The molecule has 0 aliphatic carbocycles. The summed E-state index contributed by atoms with van der Waals surface area (Å²) in [7, 11) is 0. The van der Waals surface area contributed by atoms with Crippen molar-refractivity contribution in [2.45, 2.75) is 24.9 Å². The van der Waals surface area contributed by atoms with Crippen LogP contribution in [-0.4, -0.2) is 25.1 Å². The lowest BCUT2D eigenvalue weighted by Gasteiger charge is -2.26. The van der Waals surface area contributed by atoms with E-state index < -0.39 is 12.0 Å². The molecule has 0 saturated heterocycles. The van der Waals surface area contributed by atoms with Crippen LogP contribution in [0.5, 0.6) is 0 Å². The minimum Gasteiger partial charge on any atom is -0.341 e. The molecule has 0 bridgehead atoms. The summed E-state index contributed by atoms with van der Waals surface area (Å²) in [5.74, 6) is 0. The van der Waals surface area contributed by atoms with E-state index in [1.807, 2.05) is 36.4 Å². The fourth-order valence-corrected chi connectivity index (χ4v) is 8.10. The van der Waals surface area contributed by atoms with Gasteiger partial charge in [-0.2, -0.15) is 0 Å². The number of para-hydroxylation sites is 2. The van der Waals surface area contributed by atoms with Gasteiger partial charge in [0, 0.05) is 35.8 Å². The largest absolute Gasteiger partial charge is 0.341 e. The topological polar surface area (TPSA) is 6.48 Å². The van der Waals surface area contributed by atoms with Crippen molar-refractivity contribution in [2.24, 2.45) is 0 Å². The van der Waals surface area contributed by atoms with Crippen LogP contribution in [0.25, 0.3) is 11.1 Å². The number of anilines is 4. The molecular formula is C30H30Cl6N2Si2. The van der Waals surface area contributed by atoms with Crippen molar-refractivity contribution in [1.82, 2.24) is 0 Å². The van der Waals surface area contributed by atoms with Gasteiger partial charge in [-0.1, -0.05) is 60.7 Å². The molecule has 0 aliphatic rings. The molecule has 0 saturated carbocycles. The average molecular weight is 687 g/mol. The van der Waals surface area contributed by atoms with E-state index in [1.54, 1.807) is 0 Å². The van der Waals surface area contributed by atoms with Crippen molar-refractivity contribution in [3.63, 3.8) is 0 Å². The molecule has 4 rings (SSSR count). The van der Waals surface area contributed by atoms with Gasteiger partial charge in [0.05, 0.1) is 0 Å². The lowest BCUT2D eigenvalue weighted by atomic mass is 10.0. The molecule has 4 aromatic carbocycles. The summed E-state index contributed by atoms with van der Waals surface area (Å²) in [5.41, 5.74) is 6.72. The monoisotopic (exact) mass is 684 g/mol. The van der Waals surface area contributed by atoms with Crippen LogP contribution in [0.3, 0.4) is 0 Å². The van der Waals surface area contributed by atoms with Crippen molar-refractivity contribution in [3.8, 4) is 11.1 Å². The van der Waals surface area contributed by atoms with E-state index in [0.29, 0.717) is 12.1 Å². The van der Waals surface area contributed by atoms with E-state index in [-0.39, 0.29) is 0 Å². The zero-order valence-corrected chi connectivity index (χ0v) is 28.3. The molecule has 0 radical (unpaired) electrons. The molecule has 2 nitrogen and oxygen atoms in total. The highest BCUT2D eigenvalue weighted by atomic mass is 35.8. The van der Waals surface area contributed by atoms with Crippen molar-refractivity contribution in [1.29, 1.82) is 0 Å². The van der Waals surface area contributed by atoms with E-state index in [4.69, 9.17) is 66.5 Å². The maximum Gasteiger partial charge on any atom is 0.341 e. The Morgan fingerprint density at radius 3 is 1.00 bits per heavy atom. The molecular weight excluding hydrogens is 657 g/mol. The zero-order valence-electron chi connectivity index (χ0n) is 21.8. The number of nitrogens with zero attached hydrogens (tertiary/aromatic N) is 2. The number of rotatable bonds is 13. The number of benzene rings is 4. The third-order valence-corrected chi connectivity index (χ3v) is 11.8. The Hall–Kier alpha value is -1.35. The Morgan fingerprint density at radius 1 is 0.400 bits per heavy atom. The SMILES string of the molecule is Cl[Si](Cl)(Cl)CCCN(c1ccccc1)c1ccc(-c2ccc(N(CCC[Si](Cl)(Cl)Cl)c3ccccc3)cc2)cc1. The van der Waals surface area contributed by atoms with Gasteiger partial charge in [0.2, 0.25) is 0 Å². The first kappa shape index (κ1) is 31.6. The summed E-state index contributed by atoms with van der Waals surface area (Å²) >= 11 is 36.8. The summed E-state index contributed by atoms with van der Waals surface area (Å²) in [5, 5.41) is 0. The Labute approximate surface area is 267 Å². The van der Waals surface area contributed by atoms with E-state index in [0.717, 1.165) is 59.8 Å². The molecule has 0 spiro atoms. The molecule has 0 aromatic heterocycles. The first-order valence-electron chi connectivity index (χ1n) is 13.1. The van der Waals surface area contributed by atoms with Gasteiger partial charge in [-0.25, -0.2) is 0 Å². The molecule has 10 heteroatoms. The van der Waals surface area contributed by atoms with Gasteiger partial charge in [0.1, 0.15) is 0 Å². The normalized spacial score (nSPS) is 11.8. The Bertz CT molecular complexity index is 1210. The third-order valence-electron chi connectivity index (χ3n) is 6.51. The second kappa shape index (κ2) is 14.7. The highest BCUT2D eigenvalue weighted by Gasteiger charge is 2.25. The zero-order chi connectivity index (χ0) is 28.6. The van der Waals surface area contributed by atoms with Gasteiger partial charge in [0.25, 0.3) is 0 Å². The summed E-state index contributed by atoms with van der Waals surface area (Å²) in [6.07, 6.45) is 1.62. The molecule has 0 unspecified atom stereocenters. The molecule has 0 amide bonds. The quantitative estimate of drug-likeness (QED) is 0.102. The minimum atomic E-state index is -2.66. The third kappa shape index (κ3) is 9.89. The molecule has 40 heavy (non-hydrogen) atoms. The second-order valence-corrected chi connectivity index (χ2v) is 28.1. The molecule has 4 aromatic rings. The first-order valence-corrected chi connectivity index (χ1v) is 23.6. The molecule has 0 heterocycles. The van der Waals surface area contributed by atoms with Crippen LogP contribution < -0.4 is 9.80 Å². The van der Waals surface area contributed by atoms with E-state index >= 15 is 0 Å². The summed E-state index contributed by atoms with van der Waals surface area (Å²) in [6, 6.07) is 33.8. The van der Waals surface area contributed by atoms with Crippen LogP contribution >= 0.6 is 66.5 Å². The van der Waals surface area contributed by atoms with Gasteiger partial charge in [-0.05, 0) is 84.6 Å². The predicted molar refractivity (Wildman–Crippen MR) is 184 cm³/mol. The predicted octanol–water partition coefficient (Wildman–Crippen LogP) is 11.7.